The molecule has 1 aromatic heterocycles. The van der Waals surface area contributed by atoms with Crippen LogP contribution in [0.1, 0.15) is 6.92 Å². The van der Waals surface area contributed by atoms with Crippen LogP contribution in [0.5, 0.6) is 17.4 Å². The average molecular weight is 356 g/mol. The van der Waals surface area contributed by atoms with Crippen LogP contribution in [-0.2, 0) is 4.79 Å². The van der Waals surface area contributed by atoms with E-state index in [1.165, 1.54) is 37.3 Å². The summed E-state index contributed by atoms with van der Waals surface area (Å²) < 4.78 is 33.3. The molecule has 0 saturated heterocycles. The van der Waals surface area contributed by atoms with Gasteiger partial charge in [0.15, 0.2) is 11.6 Å². The number of hydrogen-bond acceptors (Lipinski definition) is 4. The number of amides is 1. The molecule has 1 amide bonds. The van der Waals surface area contributed by atoms with Crippen LogP contribution in [0.3, 0.4) is 0 Å². The Morgan fingerprint density at radius 3 is 2.65 bits per heavy atom. The summed E-state index contributed by atoms with van der Waals surface area (Å²) in [5.41, 5.74) is 0.360. The van der Waals surface area contributed by atoms with Crippen molar-refractivity contribution in [2.45, 2.75) is 6.92 Å². The number of aromatic hydroxyl groups is 1. The van der Waals surface area contributed by atoms with Crippen LogP contribution in [0.25, 0.3) is 11.3 Å². The van der Waals surface area contributed by atoms with Crippen LogP contribution in [0, 0.1) is 11.6 Å². The molecule has 3 aromatic rings. The van der Waals surface area contributed by atoms with E-state index in [1.807, 2.05) is 0 Å². The minimum absolute atomic E-state index is 0.0230. The molecule has 2 N–H and O–H groups in total. The second kappa shape index (κ2) is 7.18. The molecule has 7 heteroatoms. The van der Waals surface area contributed by atoms with Crippen molar-refractivity contribution in [3.8, 4) is 28.6 Å². The Hall–Kier alpha value is -3.48. The lowest BCUT2D eigenvalue weighted by molar-refractivity contribution is -0.114. The van der Waals surface area contributed by atoms with Gasteiger partial charge >= 0.3 is 0 Å². The van der Waals surface area contributed by atoms with Gasteiger partial charge in [-0.05, 0) is 30.3 Å². The molecule has 0 aliphatic rings. The number of carbonyl (C=O) groups is 1. The van der Waals surface area contributed by atoms with Crippen molar-refractivity contribution in [2.24, 2.45) is 0 Å². The Kier molecular flexibility index (Phi) is 4.79. The smallest absolute Gasteiger partial charge is 0.221 e. The van der Waals surface area contributed by atoms with E-state index in [4.69, 9.17) is 4.74 Å². The third-order valence-corrected chi connectivity index (χ3v) is 3.45. The van der Waals surface area contributed by atoms with Gasteiger partial charge in [-0.15, -0.1) is 0 Å². The molecule has 0 fully saturated rings. The van der Waals surface area contributed by atoms with E-state index in [1.54, 1.807) is 18.2 Å². The molecule has 0 bridgehead atoms. The van der Waals surface area contributed by atoms with Crippen molar-refractivity contribution in [1.29, 1.82) is 0 Å². The molecule has 0 atom stereocenters. The number of phenolic OH excluding ortho intramolecular Hbond substituents is 1. The highest BCUT2D eigenvalue weighted by Crippen LogP contribution is 2.30. The van der Waals surface area contributed by atoms with Gasteiger partial charge in [-0.1, -0.05) is 12.1 Å². The zero-order valence-corrected chi connectivity index (χ0v) is 13.7. The van der Waals surface area contributed by atoms with E-state index in [0.29, 0.717) is 0 Å². The number of halogens is 2. The summed E-state index contributed by atoms with van der Waals surface area (Å²) in [6.07, 6.45) is 0. The number of pyridine rings is 1. The van der Waals surface area contributed by atoms with E-state index in [-0.39, 0.29) is 28.6 Å². The van der Waals surface area contributed by atoms with Crippen molar-refractivity contribution in [3.63, 3.8) is 0 Å². The maximum absolute atomic E-state index is 14.1. The molecule has 0 spiro atoms. The fraction of sp³-hybridized carbons (Fsp3) is 0.0526. The van der Waals surface area contributed by atoms with Gasteiger partial charge in [0.05, 0.1) is 11.4 Å². The van der Waals surface area contributed by atoms with Crippen LogP contribution in [0.2, 0.25) is 0 Å². The first-order chi connectivity index (χ1) is 12.4. The lowest BCUT2D eigenvalue weighted by atomic mass is 10.1. The number of nitrogens with zero attached hydrogens (tertiary/aromatic N) is 1. The normalized spacial score (nSPS) is 10.4. The predicted molar refractivity (Wildman–Crippen MR) is 92.1 cm³/mol. The number of benzene rings is 2. The monoisotopic (exact) mass is 356 g/mol. The molecule has 0 saturated carbocycles. The summed E-state index contributed by atoms with van der Waals surface area (Å²) in [5, 5.41) is 11.8. The third kappa shape index (κ3) is 3.77. The van der Waals surface area contributed by atoms with E-state index >= 15 is 0 Å². The van der Waals surface area contributed by atoms with Crippen molar-refractivity contribution >= 4 is 11.6 Å². The number of ether oxygens (including phenoxy) is 1. The summed E-state index contributed by atoms with van der Waals surface area (Å²) in [6.45, 7) is 1.27. The fourth-order valence-electron chi connectivity index (χ4n) is 2.31. The van der Waals surface area contributed by atoms with Gasteiger partial charge < -0.3 is 15.2 Å². The molecular weight excluding hydrogens is 342 g/mol. The van der Waals surface area contributed by atoms with Crippen LogP contribution in [0.15, 0.2) is 54.6 Å². The average Bonchev–Trinajstić information content (AvgIpc) is 2.60. The number of hydrogen-bond donors (Lipinski definition) is 2. The van der Waals surface area contributed by atoms with Gasteiger partial charge in [-0.2, -0.15) is 0 Å². The molecule has 0 radical (unpaired) electrons. The van der Waals surface area contributed by atoms with Crippen LogP contribution in [-0.4, -0.2) is 16.0 Å². The summed E-state index contributed by atoms with van der Waals surface area (Å²) in [4.78, 5) is 15.3. The van der Waals surface area contributed by atoms with Crippen LogP contribution in [0.4, 0.5) is 14.5 Å². The van der Waals surface area contributed by atoms with Gasteiger partial charge in [0.1, 0.15) is 11.6 Å². The molecular formula is C19H14F2N2O3. The number of phenols is 1. The standard InChI is InChI=1S/C19H14F2N2O3/c1-11(24)22-16-10-12(8-9-14(16)20)26-18-7-3-5-15(23-18)13-4-2-6-17(25)19(13)21/h2-10,25H,1H3,(H,22,24). The molecule has 1 heterocycles. The molecule has 2 aromatic carbocycles. The third-order valence-electron chi connectivity index (χ3n) is 3.45. The molecule has 0 unspecified atom stereocenters. The SMILES string of the molecule is CC(=O)Nc1cc(Oc2cccc(-c3cccc(O)c3F)n2)ccc1F. The summed E-state index contributed by atoms with van der Waals surface area (Å²) in [6, 6.07) is 12.8. The van der Waals surface area contributed by atoms with Crippen molar-refractivity contribution in [2.75, 3.05) is 5.32 Å². The van der Waals surface area contributed by atoms with Crippen LogP contribution < -0.4 is 10.1 Å². The molecule has 5 nitrogen and oxygen atoms in total. The topological polar surface area (TPSA) is 71.5 Å². The lowest BCUT2D eigenvalue weighted by Crippen LogP contribution is -2.07. The summed E-state index contributed by atoms with van der Waals surface area (Å²) in [7, 11) is 0. The Balaban J connectivity index is 1.90. The first-order valence-corrected chi connectivity index (χ1v) is 7.64. The number of aromatic nitrogens is 1. The summed E-state index contributed by atoms with van der Waals surface area (Å²) >= 11 is 0. The molecule has 0 aliphatic heterocycles. The van der Waals surface area contributed by atoms with Crippen molar-refractivity contribution < 1.29 is 23.4 Å². The number of carbonyl (C=O) groups excluding carboxylic acids is 1. The predicted octanol–water partition coefficient (Wildman–Crippen LogP) is 4.48. The van der Waals surface area contributed by atoms with E-state index < -0.39 is 23.3 Å². The Bertz CT molecular complexity index is 977. The number of nitrogens with one attached hydrogen (secondary N) is 1. The van der Waals surface area contributed by atoms with Gasteiger partial charge in [0.2, 0.25) is 11.8 Å². The van der Waals surface area contributed by atoms with Gasteiger partial charge in [0, 0.05) is 24.6 Å². The minimum atomic E-state index is -0.785. The van der Waals surface area contributed by atoms with Crippen LogP contribution >= 0.6 is 0 Å². The quantitative estimate of drug-likeness (QED) is 0.723. The second-order valence-electron chi connectivity index (χ2n) is 5.42. The maximum Gasteiger partial charge on any atom is 0.221 e. The van der Waals surface area contributed by atoms with E-state index in [2.05, 4.69) is 10.3 Å². The van der Waals surface area contributed by atoms with Gasteiger partial charge in [-0.3, -0.25) is 4.79 Å². The lowest BCUT2D eigenvalue weighted by Gasteiger charge is -2.10. The Morgan fingerprint density at radius 1 is 1.12 bits per heavy atom. The number of rotatable bonds is 4. The van der Waals surface area contributed by atoms with E-state index in [0.717, 1.165) is 6.07 Å². The first-order valence-electron chi connectivity index (χ1n) is 7.64. The largest absolute Gasteiger partial charge is 0.505 e. The van der Waals surface area contributed by atoms with Gasteiger partial charge in [0.25, 0.3) is 0 Å². The molecule has 0 aliphatic carbocycles. The maximum atomic E-state index is 14.1. The highest BCUT2D eigenvalue weighted by molar-refractivity contribution is 5.89. The molecule has 132 valence electrons. The van der Waals surface area contributed by atoms with Crippen molar-refractivity contribution in [3.05, 3.63) is 66.2 Å². The highest BCUT2D eigenvalue weighted by atomic mass is 19.1. The molecule has 3 rings (SSSR count). The Morgan fingerprint density at radius 2 is 1.88 bits per heavy atom. The molecule has 26 heavy (non-hydrogen) atoms. The zero-order chi connectivity index (χ0) is 18.7. The van der Waals surface area contributed by atoms with Gasteiger partial charge in [-0.25, -0.2) is 13.8 Å². The van der Waals surface area contributed by atoms with Crippen molar-refractivity contribution in [1.82, 2.24) is 4.98 Å². The minimum Gasteiger partial charge on any atom is -0.505 e. The zero-order valence-electron chi connectivity index (χ0n) is 13.7. The first kappa shape index (κ1) is 17.3. The number of anilines is 1. The van der Waals surface area contributed by atoms with E-state index in [9.17, 15) is 18.7 Å². The highest BCUT2D eigenvalue weighted by Gasteiger charge is 2.12. The Labute approximate surface area is 147 Å². The summed E-state index contributed by atoms with van der Waals surface area (Å²) in [5.74, 6) is -1.89. The fourth-order valence-corrected chi connectivity index (χ4v) is 2.31. The second-order valence-corrected chi connectivity index (χ2v) is 5.42.